The molecule has 1 aliphatic rings. The molecule has 0 radical (unpaired) electrons. The smallest absolute Gasteiger partial charge is 0.280 e. The Morgan fingerprint density at radius 2 is 2.07 bits per heavy atom. The molecule has 1 aliphatic heterocycles. The summed E-state index contributed by atoms with van der Waals surface area (Å²) in [6.45, 7) is 1.34. The molecule has 1 aromatic carbocycles. The summed E-state index contributed by atoms with van der Waals surface area (Å²) in [5, 5.41) is 17.9. The van der Waals surface area contributed by atoms with Gasteiger partial charge in [-0.3, -0.25) is 9.48 Å². The molecule has 9 heteroatoms. The highest BCUT2D eigenvalue weighted by Gasteiger charge is 2.20. The molecule has 3 aromatic rings. The molecule has 0 spiro atoms. The number of carbonyl (C=O) groups excluding carboxylic acids is 1. The van der Waals surface area contributed by atoms with Crippen molar-refractivity contribution in [2.75, 3.05) is 18.5 Å². The number of alkyl halides is 2. The Morgan fingerprint density at radius 3 is 2.82 bits per heavy atom. The lowest BCUT2D eigenvalue weighted by atomic mass is 10.1. The predicted octanol–water partition coefficient (Wildman–Crippen LogP) is 3.68. The Morgan fingerprint density at radius 1 is 1.29 bits per heavy atom. The molecule has 2 N–H and O–H groups in total. The second-order valence-electron chi connectivity index (χ2n) is 6.58. The summed E-state index contributed by atoms with van der Waals surface area (Å²) in [5.74, 6) is -0.899. The minimum atomic E-state index is -2.74. The van der Waals surface area contributed by atoms with Crippen molar-refractivity contribution >= 4 is 22.6 Å². The van der Waals surface area contributed by atoms with Crippen LogP contribution in [0.1, 0.15) is 41.4 Å². The van der Waals surface area contributed by atoms with E-state index in [4.69, 9.17) is 4.74 Å². The van der Waals surface area contributed by atoms with Crippen molar-refractivity contribution in [2.45, 2.75) is 25.3 Å². The maximum absolute atomic E-state index is 12.8. The van der Waals surface area contributed by atoms with Gasteiger partial charge >= 0.3 is 0 Å². The summed E-state index contributed by atoms with van der Waals surface area (Å²) >= 11 is 0. The van der Waals surface area contributed by atoms with Crippen LogP contribution in [0.3, 0.4) is 0 Å². The van der Waals surface area contributed by atoms with Gasteiger partial charge in [-0.1, -0.05) is 6.07 Å². The summed E-state index contributed by atoms with van der Waals surface area (Å²) in [5.41, 5.74) is 0.150. The number of nitrogens with one attached hydrogen (secondary N) is 1. The predicted molar refractivity (Wildman–Crippen MR) is 97.6 cm³/mol. The van der Waals surface area contributed by atoms with Crippen LogP contribution in [0.2, 0.25) is 0 Å². The van der Waals surface area contributed by atoms with E-state index in [1.807, 2.05) is 10.9 Å². The van der Waals surface area contributed by atoms with Gasteiger partial charge < -0.3 is 15.2 Å². The fraction of sp³-hybridized carbons (Fsp3) is 0.316. The molecule has 0 bridgehead atoms. The minimum absolute atomic E-state index is 0.0137. The molecule has 2 aromatic heterocycles. The number of pyridine rings is 1. The van der Waals surface area contributed by atoms with Crippen molar-refractivity contribution in [3.8, 4) is 5.75 Å². The molecule has 0 unspecified atom stereocenters. The van der Waals surface area contributed by atoms with E-state index in [2.05, 4.69) is 15.4 Å². The zero-order valence-electron chi connectivity index (χ0n) is 14.8. The third-order valence-electron chi connectivity index (χ3n) is 4.68. The number of aromatic nitrogens is 3. The van der Waals surface area contributed by atoms with Crippen LogP contribution in [0, 0.1) is 0 Å². The quantitative estimate of drug-likeness (QED) is 0.712. The second-order valence-corrected chi connectivity index (χ2v) is 6.58. The molecule has 28 heavy (non-hydrogen) atoms. The number of aromatic hydroxyl groups is 1. The summed E-state index contributed by atoms with van der Waals surface area (Å²) in [4.78, 5) is 16.2. The number of amides is 1. The number of phenolic OH excluding ortho intramolecular Hbond substituents is 1. The molecule has 146 valence electrons. The Hall–Kier alpha value is -3.07. The standard InChI is InChI=1S/C19H18F2N4O3/c20-18(21)14-2-1-3-17(22-14)23-19(27)13-8-11-10-25(12-4-6-28-7-5-12)24-15(11)9-16(13)26/h1-3,8-10,12,18,26H,4-7H2,(H,22,23,27). The second kappa shape index (κ2) is 7.51. The number of hydrogen-bond donors (Lipinski definition) is 2. The van der Waals surface area contributed by atoms with Gasteiger partial charge in [0, 0.05) is 30.9 Å². The lowest BCUT2D eigenvalue weighted by Gasteiger charge is -2.22. The van der Waals surface area contributed by atoms with Gasteiger partial charge in [0.1, 0.15) is 17.3 Å². The van der Waals surface area contributed by atoms with Gasteiger partial charge in [-0.15, -0.1) is 0 Å². The highest BCUT2D eigenvalue weighted by atomic mass is 19.3. The molecule has 0 aliphatic carbocycles. The Bertz CT molecular complexity index is 1020. The molecule has 3 heterocycles. The number of nitrogens with zero attached hydrogens (tertiary/aromatic N) is 3. The molecular formula is C19H18F2N4O3. The summed E-state index contributed by atoms with van der Waals surface area (Å²) < 4.78 is 32.7. The summed E-state index contributed by atoms with van der Waals surface area (Å²) in [6.07, 6.45) is 0.786. The van der Waals surface area contributed by atoms with Crippen LogP contribution in [-0.2, 0) is 4.74 Å². The van der Waals surface area contributed by atoms with Crippen LogP contribution < -0.4 is 5.32 Å². The topological polar surface area (TPSA) is 89.3 Å². The van der Waals surface area contributed by atoms with Gasteiger partial charge in [-0.2, -0.15) is 5.10 Å². The average molecular weight is 388 g/mol. The SMILES string of the molecule is O=C(Nc1cccc(C(F)F)n1)c1cc2cn(C3CCOCC3)nc2cc1O. The molecule has 1 fully saturated rings. The van der Waals surface area contributed by atoms with Crippen molar-refractivity contribution in [3.63, 3.8) is 0 Å². The first kappa shape index (κ1) is 18.3. The fourth-order valence-corrected chi connectivity index (χ4v) is 3.22. The summed E-state index contributed by atoms with van der Waals surface area (Å²) in [6, 6.07) is 7.12. The normalized spacial score (nSPS) is 15.2. The van der Waals surface area contributed by atoms with E-state index in [1.165, 1.54) is 30.3 Å². The van der Waals surface area contributed by atoms with E-state index in [0.717, 1.165) is 12.8 Å². The minimum Gasteiger partial charge on any atom is -0.507 e. The van der Waals surface area contributed by atoms with Crippen LogP contribution >= 0.6 is 0 Å². The Kier molecular flexibility index (Phi) is 4.91. The number of rotatable bonds is 4. The van der Waals surface area contributed by atoms with E-state index in [0.29, 0.717) is 24.1 Å². The molecule has 0 atom stereocenters. The van der Waals surface area contributed by atoms with E-state index in [1.54, 1.807) is 0 Å². The Balaban J connectivity index is 1.59. The fourth-order valence-electron chi connectivity index (χ4n) is 3.22. The van der Waals surface area contributed by atoms with Crippen LogP contribution in [0.5, 0.6) is 5.75 Å². The van der Waals surface area contributed by atoms with Crippen molar-refractivity contribution in [3.05, 3.63) is 47.8 Å². The van der Waals surface area contributed by atoms with Crippen LogP contribution in [-0.4, -0.2) is 39.0 Å². The van der Waals surface area contributed by atoms with Gasteiger partial charge in [0.25, 0.3) is 12.3 Å². The van der Waals surface area contributed by atoms with Crippen molar-refractivity contribution in [1.82, 2.24) is 14.8 Å². The summed E-state index contributed by atoms with van der Waals surface area (Å²) in [7, 11) is 0. The molecule has 1 saturated heterocycles. The maximum Gasteiger partial charge on any atom is 0.280 e. The highest BCUT2D eigenvalue weighted by Crippen LogP contribution is 2.28. The van der Waals surface area contributed by atoms with E-state index in [9.17, 15) is 18.7 Å². The van der Waals surface area contributed by atoms with Crippen molar-refractivity contribution in [2.24, 2.45) is 0 Å². The van der Waals surface area contributed by atoms with Gasteiger partial charge in [0.2, 0.25) is 0 Å². The zero-order valence-corrected chi connectivity index (χ0v) is 14.8. The third-order valence-corrected chi connectivity index (χ3v) is 4.68. The van der Waals surface area contributed by atoms with Gasteiger partial charge in [0.05, 0.1) is 17.1 Å². The third kappa shape index (κ3) is 3.65. The van der Waals surface area contributed by atoms with Crippen molar-refractivity contribution in [1.29, 1.82) is 0 Å². The molecule has 1 amide bonds. The lowest BCUT2D eigenvalue weighted by Crippen LogP contribution is -2.19. The monoisotopic (exact) mass is 388 g/mol. The largest absolute Gasteiger partial charge is 0.507 e. The molecular weight excluding hydrogens is 370 g/mol. The first-order chi connectivity index (χ1) is 13.5. The first-order valence-electron chi connectivity index (χ1n) is 8.87. The van der Waals surface area contributed by atoms with E-state index in [-0.39, 0.29) is 23.2 Å². The average Bonchev–Trinajstić information content (AvgIpc) is 3.11. The number of benzene rings is 1. The number of hydrogen-bond acceptors (Lipinski definition) is 5. The Labute approximate surface area is 158 Å². The number of anilines is 1. The number of halogens is 2. The number of fused-ring (bicyclic) bond motifs is 1. The van der Waals surface area contributed by atoms with Gasteiger partial charge in [0.15, 0.2) is 0 Å². The maximum atomic E-state index is 12.8. The molecule has 0 saturated carbocycles. The van der Waals surface area contributed by atoms with Gasteiger partial charge in [-0.25, -0.2) is 13.8 Å². The van der Waals surface area contributed by atoms with Crippen LogP contribution in [0.25, 0.3) is 10.9 Å². The number of carbonyl (C=O) groups is 1. The van der Waals surface area contributed by atoms with Gasteiger partial charge in [-0.05, 0) is 31.0 Å². The van der Waals surface area contributed by atoms with E-state index < -0.39 is 18.0 Å². The molecule has 7 nitrogen and oxygen atoms in total. The highest BCUT2D eigenvalue weighted by molar-refractivity contribution is 6.07. The van der Waals surface area contributed by atoms with Crippen LogP contribution in [0.15, 0.2) is 36.5 Å². The first-order valence-corrected chi connectivity index (χ1v) is 8.87. The van der Waals surface area contributed by atoms with Crippen molar-refractivity contribution < 1.29 is 23.4 Å². The number of phenols is 1. The number of ether oxygens (including phenoxy) is 1. The van der Waals surface area contributed by atoms with Crippen LogP contribution in [0.4, 0.5) is 14.6 Å². The van der Waals surface area contributed by atoms with E-state index >= 15 is 0 Å². The molecule has 4 rings (SSSR count). The lowest BCUT2D eigenvalue weighted by molar-refractivity contribution is 0.0664. The zero-order chi connectivity index (χ0) is 19.7.